The van der Waals surface area contributed by atoms with Crippen molar-refractivity contribution in [1.29, 1.82) is 0 Å². The normalized spacial score (nSPS) is 11.3. The molecule has 0 unspecified atom stereocenters. The molecule has 0 aliphatic rings. The molecule has 0 radical (unpaired) electrons. The summed E-state index contributed by atoms with van der Waals surface area (Å²) in [6.07, 6.45) is 0. The molecule has 0 aliphatic carbocycles. The summed E-state index contributed by atoms with van der Waals surface area (Å²) >= 11 is 0. The van der Waals surface area contributed by atoms with Gasteiger partial charge in [0.05, 0.1) is 11.0 Å². The third kappa shape index (κ3) is 1.13. The molecule has 5 N–H and O–H groups in total. The molecule has 1 heterocycles. The number of nitrogens with one attached hydrogen (secondary N) is 1. The molecule has 0 saturated heterocycles. The maximum Gasteiger partial charge on any atom is 0.182 e. The first-order valence-corrected chi connectivity index (χ1v) is 4.97. The van der Waals surface area contributed by atoms with Gasteiger partial charge in [0.1, 0.15) is 0 Å². The average molecular weight is 231 g/mol. The van der Waals surface area contributed by atoms with Crippen LogP contribution in [-0.2, 0) is 0 Å². The van der Waals surface area contributed by atoms with Gasteiger partial charge < -0.3 is 25.4 Å². The lowest BCUT2D eigenvalue weighted by atomic mass is 10.1. The molecule has 1 aromatic heterocycles. The number of hydrogen-bond acceptors (Lipinski definition) is 4. The minimum atomic E-state index is -0.280. The number of benzene rings is 2. The topological polar surface area (TPSA) is 96.7 Å². The maximum absolute atomic E-state index is 9.69. The van der Waals surface area contributed by atoms with Gasteiger partial charge >= 0.3 is 0 Å². The van der Waals surface area contributed by atoms with Crippen LogP contribution in [0.4, 0.5) is 0 Å². The number of aromatic nitrogens is 1. The third-order valence-corrected chi connectivity index (χ3v) is 2.85. The van der Waals surface area contributed by atoms with E-state index in [1.165, 1.54) is 12.1 Å². The number of fused-ring (bicyclic) bond motifs is 3. The highest BCUT2D eigenvalue weighted by molar-refractivity contribution is 6.11. The zero-order chi connectivity index (χ0) is 12.2. The van der Waals surface area contributed by atoms with Gasteiger partial charge in [-0.2, -0.15) is 0 Å². The summed E-state index contributed by atoms with van der Waals surface area (Å²) in [6.45, 7) is 0. The van der Waals surface area contributed by atoms with Gasteiger partial charge in [-0.3, -0.25) is 0 Å². The zero-order valence-corrected chi connectivity index (χ0v) is 8.60. The molecule has 0 fully saturated rings. The van der Waals surface area contributed by atoms with Crippen LogP contribution >= 0.6 is 0 Å². The molecule has 17 heavy (non-hydrogen) atoms. The van der Waals surface area contributed by atoms with Gasteiger partial charge in [-0.25, -0.2) is 0 Å². The van der Waals surface area contributed by atoms with Gasteiger partial charge in [-0.05, 0) is 24.3 Å². The number of aromatic amines is 1. The van der Waals surface area contributed by atoms with E-state index in [9.17, 15) is 20.4 Å². The molecule has 5 nitrogen and oxygen atoms in total. The Hall–Kier alpha value is -2.56. The Morgan fingerprint density at radius 1 is 0.647 bits per heavy atom. The Morgan fingerprint density at radius 3 is 1.47 bits per heavy atom. The first-order chi connectivity index (χ1) is 8.09. The summed E-state index contributed by atoms with van der Waals surface area (Å²) in [5, 5.41) is 39.5. The van der Waals surface area contributed by atoms with Crippen molar-refractivity contribution in [2.24, 2.45) is 0 Å². The second-order valence-corrected chi connectivity index (χ2v) is 3.84. The fourth-order valence-electron chi connectivity index (χ4n) is 1.99. The number of H-pyrrole nitrogens is 1. The summed E-state index contributed by atoms with van der Waals surface area (Å²) in [7, 11) is 0. The van der Waals surface area contributed by atoms with E-state index in [0.717, 1.165) is 0 Å². The van der Waals surface area contributed by atoms with Crippen molar-refractivity contribution in [3.05, 3.63) is 24.3 Å². The number of aromatic hydroxyl groups is 4. The van der Waals surface area contributed by atoms with Crippen LogP contribution in [0.5, 0.6) is 23.0 Å². The van der Waals surface area contributed by atoms with Crippen LogP contribution in [0.1, 0.15) is 0 Å². The van der Waals surface area contributed by atoms with Gasteiger partial charge in [0.2, 0.25) is 0 Å². The van der Waals surface area contributed by atoms with Gasteiger partial charge in [0, 0.05) is 10.8 Å². The quantitative estimate of drug-likeness (QED) is 0.383. The Morgan fingerprint density at radius 2 is 1.06 bits per heavy atom. The van der Waals surface area contributed by atoms with Crippen LogP contribution in [0.2, 0.25) is 0 Å². The Kier molecular flexibility index (Phi) is 1.69. The van der Waals surface area contributed by atoms with Gasteiger partial charge in [0.15, 0.2) is 23.0 Å². The SMILES string of the molecule is Oc1ccc2c([nH]c3c(O)c(O)ccc32)c1O. The molecule has 3 rings (SSSR count). The largest absolute Gasteiger partial charge is 0.504 e. The van der Waals surface area contributed by atoms with Crippen molar-refractivity contribution < 1.29 is 20.4 Å². The molecule has 0 saturated carbocycles. The van der Waals surface area contributed by atoms with E-state index >= 15 is 0 Å². The van der Waals surface area contributed by atoms with Crippen LogP contribution in [-0.4, -0.2) is 25.4 Å². The summed E-state index contributed by atoms with van der Waals surface area (Å²) in [5.41, 5.74) is 0.641. The highest BCUT2D eigenvalue weighted by atomic mass is 16.3. The Labute approximate surface area is 95.2 Å². The van der Waals surface area contributed by atoms with Crippen LogP contribution in [0.3, 0.4) is 0 Å². The molecule has 0 amide bonds. The van der Waals surface area contributed by atoms with Gasteiger partial charge in [0.25, 0.3) is 0 Å². The fourth-order valence-corrected chi connectivity index (χ4v) is 1.99. The maximum atomic E-state index is 9.69. The van der Waals surface area contributed by atoms with Crippen molar-refractivity contribution in [1.82, 2.24) is 4.98 Å². The minimum absolute atomic E-state index is 0.243. The lowest BCUT2D eigenvalue weighted by Crippen LogP contribution is -1.72. The summed E-state index contributed by atoms with van der Waals surface area (Å²) in [6, 6.07) is 5.99. The van der Waals surface area contributed by atoms with E-state index in [2.05, 4.69) is 4.98 Å². The molecule has 0 atom stereocenters. The van der Waals surface area contributed by atoms with E-state index in [1.54, 1.807) is 12.1 Å². The molecule has 3 aromatic rings. The summed E-state index contributed by atoms with van der Waals surface area (Å²) in [4.78, 5) is 2.78. The van der Waals surface area contributed by atoms with Crippen LogP contribution in [0, 0.1) is 0 Å². The van der Waals surface area contributed by atoms with Crippen LogP contribution in [0.15, 0.2) is 24.3 Å². The zero-order valence-electron chi connectivity index (χ0n) is 8.60. The van der Waals surface area contributed by atoms with Crippen LogP contribution < -0.4 is 0 Å². The van der Waals surface area contributed by atoms with E-state index in [4.69, 9.17) is 0 Å². The van der Waals surface area contributed by atoms with Crippen molar-refractivity contribution in [3.8, 4) is 23.0 Å². The molecular formula is C12H9NO4. The summed E-state index contributed by atoms with van der Waals surface area (Å²) < 4.78 is 0. The van der Waals surface area contributed by atoms with E-state index < -0.39 is 0 Å². The second kappa shape index (κ2) is 2.98. The number of phenolic OH excluding ortho intramolecular Hbond substituents is 4. The minimum Gasteiger partial charge on any atom is -0.504 e. The number of rotatable bonds is 0. The van der Waals surface area contributed by atoms with Crippen molar-refractivity contribution in [3.63, 3.8) is 0 Å². The Balaban J connectivity index is 2.58. The molecular weight excluding hydrogens is 222 g/mol. The highest BCUT2D eigenvalue weighted by Gasteiger charge is 2.14. The number of hydrogen-bond donors (Lipinski definition) is 5. The predicted octanol–water partition coefficient (Wildman–Crippen LogP) is 2.14. The smallest absolute Gasteiger partial charge is 0.182 e. The fraction of sp³-hybridized carbons (Fsp3) is 0. The predicted molar refractivity (Wildman–Crippen MR) is 62.5 cm³/mol. The lowest BCUT2D eigenvalue weighted by molar-refractivity contribution is 0.406. The molecule has 86 valence electrons. The number of phenols is 4. The average Bonchev–Trinajstić information content (AvgIpc) is 2.69. The van der Waals surface area contributed by atoms with Crippen LogP contribution in [0.25, 0.3) is 21.8 Å². The highest BCUT2D eigenvalue weighted by Crippen LogP contribution is 2.41. The molecule has 2 aromatic carbocycles. The molecule has 5 heteroatoms. The van der Waals surface area contributed by atoms with Gasteiger partial charge in [-0.1, -0.05) is 0 Å². The molecule has 0 aliphatic heterocycles. The molecule has 0 bridgehead atoms. The van der Waals surface area contributed by atoms with Crippen molar-refractivity contribution in [2.45, 2.75) is 0 Å². The Bertz CT molecular complexity index is 683. The monoisotopic (exact) mass is 231 g/mol. The standard InChI is InChI=1S/C12H9NO4/c14-7-3-1-5-6-2-4-8(15)12(17)10(6)13-9(5)11(7)16/h1-4,13-17H. The molecule has 0 spiro atoms. The van der Waals surface area contributed by atoms with Crippen molar-refractivity contribution in [2.75, 3.05) is 0 Å². The first kappa shape index (κ1) is 9.65. The van der Waals surface area contributed by atoms with E-state index in [-0.39, 0.29) is 23.0 Å². The van der Waals surface area contributed by atoms with E-state index in [0.29, 0.717) is 21.8 Å². The summed E-state index contributed by atoms with van der Waals surface area (Å²) in [5.74, 6) is -1.05. The lowest BCUT2D eigenvalue weighted by Gasteiger charge is -1.98. The van der Waals surface area contributed by atoms with Gasteiger partial charge in [-0.15, -0.1) is 0 Å². The first-order valence-electron chi connectivity index (χ1n) is 4.97. The van der Waals surface area contributed by atoms with Crippen molar-refractivity contribution >= 4 is 21.8 Å². The van der Waals surface area contributed by atoms with E-state index in [1.807, 2.05) is 0 Å². The second-order valence-electron chi connectivity index (χ2n) is 3.84. The third-order valence-electron chi connectivity index (χ3n) is 2.85.